The monoisotopic (exact) mass is 382 g/mol. The van der Waals surface area contributed by atoms with Gasteiger partial charge in [0.1, 0.15) is 11.9 Å². The molecular formula is C23H20F2O3. The van der Waals surface area contributed by atoms with Crippen molar-refractivity contribution in [1.82, 2.24) is 0 Å². The Hall–Kier alpha value is -2.50. The van der Waals surface area contributed by atoms with Crippen LogP contribution in [0.25, 0.3) is 10.8 Å². The molecule has 28 heavy (non-hydrogen) atoms. The molecule has 5 heteroatoms. The summed E-state index contributed by atoms with van der Waals surface area (Å²) < 4.78 is 40.4. The first-order chi connectivity index (χ1) is 13.4. The molecule has 1 fully saturated rings. The number of aliphatic hydroxyl groups is 1. The molecule has 0 aromatic heterocycles. The van der Waals surface area contributed by atoms with E-state index in [4.69, 9.17) is 9.47 Å². The zero-order valence-electron chi connectivity index (χ0n) is 15.4. The van der Waals surface area contributed by atoms with Crippen molar-refractivity contribution in [2.24, 2.45) is 0 Å². The van der Waals surface area contributed by atoms with Gasteiger partial charge >= 0.3 is 6.11 Å². The third-order valence-electron chi connectivity index (χ3n) is 5.67. The molecule has 0 aliphatic carbocycles. The van der Waals surface area contributed by atoms with Gasteiger partial charge in [0, 0.05) is 5.39 Å². The molecule has 0 spiro atoms. The Morgan fingerprint density at radius 2 is 1.75 bits per heavy atom. The number of hydrogen-bond acceptors (Lipinski definition) is 3. The van der Waals surface area contributed by atoms with E-state index in [1.807, 2.05) is 30.3 Å². The number of rotatable bonds is 3. The second kappa shape index (κ2) is 6.26. The van der Waals surface area contributed by atoms with Crippen molar-refractivity contribution in [3.05, 3.63) is 76.9 Å². The van der Waals surface area contributed by atoms with Crippen molar-refractivity contribution in [3.63, 3.8) is 0 Å². The van der Waals surface area contributed by atoms with E-state index in [-0.39, 0.29) is 18.3 Å². The van der Waals surface area contributed by atoms with Crippen molar-refractivity contribution in [1.29, 1.82) is 0 Å². The maximum atomic E-state index is 15.0. The van der Waals surface area contributed by atoms with Crippen LogP contribution >= 0.6 is 0 Å². The highest BCUT2D eigenvalue weighted by molar-refractivity contribution is 5.90. The molecule has 1 saturated heterocycles. The molecule has 0 bridgehead atoms. The van der Waals surface area contributed by atoms with Crippen molar-refractivity contribution in [2.75, 3.05) is 6.61 Å². The van der Waals surface area contributed by atoms with Gasteiger partial charge in [0.2, 0.25) is 0 Å². The molecule has 0 saturated carbocycles. The van der Waals surface area contributed by atoms with E-state index in [0.717, 1.165) is 22.1 Å². The van der Waals surface area contributed by atoms with E-state index in [1.54, 1.807) is 31.2 Å². The fraction of sp³-hybridized carbons (Fsp3) is 0.304. The first-order valence-electron chi connectivity index (χ1n) is 9.44. The fourth-order valence-corrected chi connectivity index (χ4v) is 3.95. The summed E-state index contributed by atoms with van der Waals surface area (Å²) in [5.41, 5.74) is 3.09. The Labute approximate surface area is 161 Å². The van der Waals surface area contributed by atoms with Crippen LogP contribution < -0.4 is 4.74 Å². The van der Waals surface area contributed by atoms with Crippen LogP contribution in [0.3, 0.4) is 0 Å². The maximum Gasteiger partial charge on any atom is 0.405 e. The minimum absolute atomic E-state index is 0.107. The van der Waals surface area contributed by atoms with Crippen molar-refractivity contribution in [3.8, 4) is 5.75 Å². The first-order valence-corrected chi connectivity index (χ1v) is 9.44. The fourth-order valence-electron chi connectivity index (χ4n) is 3.95. The molecule has 3 unspecified atom stereocenters. The third kappa shape index (κ3) is 2.95. The van der Waals surface area contributed by atoms with Gasteiger partial charge in [-0.3, -0.25) is 0 Å². The Balaban J connectivity index is 1.52. The molecule has 2 aliphatic rings. The second-order valence-electron chi connectivity index (χ2n) is 7.62. The SMILES string of the molecule is CC(O)c1ccc2c3c(ccc2c1)CC(c1ccc(C2CO2)cc1)C(F)(F)O3. The Morgan fingerprint density at radius 3 is 2.43 bits per heavy atom. The number of aliphatic hydroxyl groups excluding tert-OH is 1. The van der Waals surface area contributed by atoms with E-state index in [0.29, 0.717) is 17.6 Å². The van der Waals surface area contributed by atoms with E-state index in [9.17, 15) is 13.9 Å². The van der Waals surface area contributed by atoms with Gasteiger partial charge in [-0.2, -0.15) is 8.78 Å². The number of halogens is 2. The molecule has 1 N–H and O–H groups in total. The Kier molecular flexibility index (Phi) is 3.93. The van der Waals surface area contributed by atoms with Crippen LogP contribution in [-0.2, 0) is 11.2 Å². The first kappa shape index (κ1) is 17.6. The van der Waals surface area contributed by atoms with E-state index < -0.39 is 18.1 Å². The highest BCUT2D eigenvalue weighted by atomic mass is 19.3. The second-order valence-corrected chi connectivity index (χ2v) is 7.62. The molecule has 3 atom stereocenters. The lowest BCUT2D eigenvalue weighted by atomic mass is 9.86. The van der Waals surface area contributed by atoms with Crippen LogP contribution in [-0.4, -0.2) is 17.8 Å². The minimum Gasteiger partial charge on any atom is -0.431 e. The number of alkyl halides is 2. The molecule has 0 amide bonds. The van der Waals surface area contributed by atoms with Crippen molar-refractivity contribution in [2.45, 2.75) is 37.6 Å². The topological polar surface area (TPSA) is 42.0 Å². The van der Waals surface area contributed by atoms with Gasteiger partial charge < -0.3 is 14.6 Å². The number of ether oxygens (including phenoxy) is 2. The molecule has 2 heterocycles. The van der Waals surface area contributed by atoms with Gasteiger partial charge in [0.15, 0.2) is 0 Å². The van der Waals surface area contributed by atoms with E-state index in [1.165, 1.54) is 0 Å². The van der Waals surface area contributed by atoms with Gasteiger partial charge in [-0.05, 0) is 47.1 Å². The maximum absolute atomic E-state index is 15.0. The number of fused-ring (bicyclic) bond motifs is 3. The van der Waals surface area contributed by atoms with Crippen LogP contribution in [0.15, 0.2) is 54.6 Å². The Morgan fingerprint density at radius 1 is 1.04 bits per heavy atom. The van der Waals surface area contributed by atoms with E-state index >= 15 is 0 Å². The normalized spacial score (nSPS) is 23.7. The summed E-state index contributed by atoms with van der Waals surface area (Å²) in [6.07, 6.45) is -3.61. The summed E-state index contributed by atoms with van der Waals surface area (Å²) in [6.45, 7) is 2.37. The summed E-state index contributed by atoms with van der Waals surface area (Å²) in [7, 11) is 0. The zero-order valence-corrected chi connectivity index (χ0v) is 15.4. The largest absolute Gasteiger partial charge is 0.431 e. The van der Waals surface area contributed by atoms with Crippen LogP contribution in [0.2, 0.25) is 0 Å². The molecule has 3 nitrogen and oxygen atoms in total. The summed E-state index contributed by atoms with van der Waals surface area (Å²) in [5.74, 6) is -0.803. The zero-order chi connectivity index (χ0) is 19.5. The summed E-state index contributed by atoms with van der Waals surface area (Å²) >= 11 is 0. The highest BCUT2D eigenvalue weighted by Gasteiger charge is 2.47. The lowest BCUT2D eigenvalue weighted by Gasteiger charge is -2.34. The molecular weight excluding hydrogens is 362 g/mol. The van der Waals surface area contributed by atoms with Gasteiger partial charge in [-0.25, -0.2) is 0 Å². The predicted octanol–water partition coefficient (Wildman–Crippen LogP) is 5.28. The summed E-state index contributed by atoms with van der Waals surface area (Å²) in [5, 5.41) is 11.2. The molecule has 144 valence electrons. The number of hydrogen-bond donors (Lipinski definition) is 1. The van der Waals surface area contributed by atoms with Crippen molar-refractivity contribution < 1.29 is 23.4 Å². The average molecular weight is 382 g/mol. The third-order valence-corrected chi connectivity index (χ3v) is 5.67. The highest BCUT2D eigenvalue weighted by Crippen LogP contribution is 2.47. The molecule has 2 aliphatic heterocycles. The van der Waals surface area contributed by atoms with Gasteiger partial charge in [-0.15, -0.1) is 0 Å². The Bertz CT molecular complexity index is 1040. The summed E-state index contributed by atoms with van der Waals surface area (Å²) in [6, 6.07) is 16.3. The van der Waals surface area contributed by atoms with Gasteiger partial charge in [0.05, 0.1) is 18.6 Å². The number of epoxide rings is 1. The van der Waals surface area contributed by atoms with Crippen LogP contribution in [0.1, 0.15) is 47.3 Å². The average Bonchev–Trinajstić information content (AvgIpc) is 3.52. The smallest absolute Gasteiger partial charge is 0.405 e. The van der Waals surface area contributed by atoms with Crippen LogP contribution in [0.4, 0.5) is 8.78 Å². The minimum atomic E-state index is -3.30. The lowest BCUT2D eigenvalue weighted by molar-refractivity contribution is -0.200. The van der Waals surface area contributed by atoms with E-state index in [2.05, 4.69) is 0 Å². The molecule has 5 rings (SSSR count). The number of benzene rings is 3. The van der Waals surface area contributed by atoms with Crippen LogP contribution in [0.5, 0.6) is 5.75 Å². The lowest BCUT2D eigenvalue weighted by Crippen LogP contribution is -2.38. The van der Waals surface area contributed by atoms with Gasteiger partial charge in [0.25, 0.3) is 0 Å². The molecule has 3 aromatic rings. The molecule has 0 radical (unpaired) electrons. The quantitative estimate of drug-likeness (QED) is 0.627. The van der Waals surface area contributed by atoms with Crippen LogP contribution in [0, 0.1) is 0 Å². The molecule has 3 aromatic carbocycles. The van der Waals surface area contributed by atoms with Crippen molar-refractivity contribution >= 4 is 10.8 Å². The predicted molar refractivity (Wildman–Crippen MR) is 102 cm³/mol. The summed E-state index contributed by atoms with van der Waals surface area (Å²) in [4.78, 5) is 0. The standard InChI is InChI=1S/C23H20F2O3/c1-13(26)16-8-9-19-17(10-16)6-7-18-11-20(23(24,25)28-22(18)19)14-2-4-15(5-3-14)21-12-27-21/h2-10,13,20-21,26H,11-12H2,1H3. The van der Waals surface area contributed by atoms with Gasteiger partial charge in [-0.1, -0.05) is 48.5 Å².